The van der Waals surface area contributed by atoms with Crippen molar-refractivity contribution in [2.24, 2.45) is 0 Å². The highest BCUT2D eigenvalue weighted by molar-refractivity contribution is 6.30. The second-order valence-electron chi connectivity index (χ2n) is 5.93. The Hall–Kier alpha value is -2.83. The highest BCUT2D eigenvalue weighted by Gasteiger charge is 2.35. The Kier molecular flexibility index (Phi) is 6.17. The third-order valence-corrected chi connectivity index (χ3v) is 3.89. The van der Waals surface area contributed by atoms with Crippen molar-refractivity contribution in [3.63, 3.8) is 0 Å². The molecule has 2 aromatic carbocycles. The van der Waals surface area contributed by atoms with Crippen molar-refractivity contribution in [3.8, 4) is 5.75 Å². The van der Waals surface area contributed by atoms with E-state index in [-0.39, 0.29) is 16.5 Å². The maximum atomic E-state index is 13.4. The fourth-order valence-electron chi connectivity index (χ4n) is 2.06. The molecule has 0 aliphatic heterocycles. The van der Waals surface area contributed by atoms with Crippen LogP contribution in [0.25, 0.3) is 4.85 Å². The Labute approximate surface area is 162 Å². The van der Waals surface area contributed by atoms with Crippen LogP contribution in [-0.2, 0) is 11.0 Å². The van der Waals surface area contributed by atoms with Crippen molar-refractivity contribution in [3.05, 3.63) is 64.2 Å². The number of rotatable bonds is 5. The van der Waals surface area contributed by atoms with Gasteiger partial charge in [0.2, 0.25) is 0 Å². The van der Waals surface area contributed by atoms with Gasteiger partial charge in [0.05, 0.1) is 17.2 Å². The predicted molar refractivity (Wildman–Crippen MR) is 93.9 cm³/mol. The van der Waals surface area contributed by atoms with Crippen LogP contribution in [0.1, 0.15) is 12.5 Å². The van der Waals surface area contributed by atoms with E-state index < -0.39 is 41.4 Å². The number of amides is 1. The molecule has 0 bridgehead atoms. The number of aliphatic hydroxyl groups is 1. The monoisotopic (exact) mass is 416 g/mol. The summed E-state index contributed by atoms with van der Waals surface area (Å²) >= 11 is 5.54. The van der Waals surface area contributed by atoms with Gasteiger partial charge in [-0.25, -0.2) is 9.24 Å². The van der Waals surface area contributed by atoms with Crippen molar-refractivity contribution in [1.82, 2.24) is 0 Å². The molecule has 1 unspecified atom stereocenters. The Morgan fingerprint density at radius 1 is 1.29 bits per heavy atom. The van der Waals surface area contributed by atoms with Crippen LogP contribution < -0.4 is 10.1 Å². The lowest BCUT2D eigenvalue weighted by atomic mass is 10.1. The summed E-state index contributed by atoms with van der Waals surface area (Å²) in [5, 5.41) is 12.2. The molecule has 0 aliphatic carbocycles. The molecule has 0 aromatic heterocycles. The van der Waals surface area contributed by atoms with Gasteiger partial charge in [0.15, 0.2) is 11.3 Å². The van der Waals surface area contributed by atoms with Crippen molar-refractivity contribution in [2.75, 3.05) is 11.9 Å². The smallest absolute Gasteiger partial charge is 0.407 e. The molecule has 10 heteroatoms. The molecule has 0 saturated heterocycles. The van der Waals surface area contributed by atoms with Gasteiger partial charge in [-0.2, -0.15) is 13.2 Å². The van der Waals surface area contributed by atoms with E-state index in [4.69, 9.17) is 22.9 Å². The van der Waals surface area contributed by atoms with Gasteiger partial charge in [-0.3, -0.25) is 4.79 Å². The summed E-state index contributed by atoms with van der Waals surface area (Å²) in [6.45, 7) is 7.26. The van der Waals surface area contributed by atoms with Crippen LogP contribution in [-0.4, -0.2) is 23.2 Å². The lowest BCUT2D eigenvalue weighted by molar-refractivity contribution is -0.137. The number of alkyl halides is 3. The van der Waals surface area contributed by atoms with Gasteiger partial charge in [-0.1, -0.05) is 17.7 Å². The first kappa shape index (κ1) is 21.5. The molecule has 148 valence electrons. The average Bonchev–Trinajstić information content (AvgIpc) is 2.62. The molecule has 2 aromatic rings. The lowest BCUT2D eigenvalue weighted by Gasteiger charge is -2.23. The van der Waals surface area contributed by atoms with Crippen LogP contribution in [0.5, 0.6) is 5.75 Å². The summed E-state index contributed by atoms with van der Waals surface area (Å²) in [5.74, 6) is -1.82. The minimum atomic E-state index is -4.79. The van der Waals surface area contributed by atoms with Crippen molar-refractivity contribution in [2.45, 2.75) is 18.7 Å². The molecule has 0 aliphatic rings. The summed E-state index contributed by atoms with van der Waals surface area (Å²) in [7, 11) is 0. The maximum absolute atomic E-state index is 13.4. The van der Waals surface area contributed by atoms with E-state index >= 15 is 0 Å². The highest BCUT2D eigenvalue weighted by Crippen LogP contribution is 2.38. The van der Waals surface area contributed by atoms with Crippen LogP contribution in [0.3, 0.4) is 0 Å². The third-order valence-electron chi connectivity index (χ3n) is 3.58. The maximum Gasteiger partial charge on any atom is 0.407 e. The molecular formula is C18H13ClF4N2O3. The van der Waals surface area contributed by atoms with Crippen molar-refractivity contribution in [1.29, 1.82) is 0 Å². The quantitative estimate of drug-likeness (QED) is 0.542. The minimum absolute atomic E-state index is 0.00394. The van der Waals surface area contributed by atoms with E-state index in [1.165, 1.54) is 12.1 Å². The van der Waals surface area contributed by atoms with Gasteiger partial charge < -0.3 is 15.2 Å². The number of hydrogen-bond donors (Lipinski definition) is 2. The van der Waals surface area contributed by atoms with Gasteiger partial charge in [-0.15, -0.1) is 0 Å². The molecule has 28 heavy (non-hydrogen) atoms. The van der Waals surface area contributed by atoms with Gasteiger partial charge in [0.25, 0.3) is 5.91 Å². The number of benzene rings is 2. The zero-order valence-corrected chi connectivity index (χ0v) is 15.0. The van der Waals surface area contributed by atoms with E-state index in [1.807, 2.05) is 0 Å². The topological polar surface area (TPSA) is 62.9 Å². The Balaban J connectivity index is 2.12. The Bertz CT molecular complexity index is 939. The molecule has 1 atom stereocenters. The molecule has 5 nitrogen and oxygen atoms in total. The predicted octanol–water partition coefficient (Wildman–Crippen LogP) is 4.82. The summed E-state index contributed by atoms with van der Waals surface area (Å²) in [6, 6.07) is 6.10. The van der Waals surface area contributed by atoms with Crippen molar-refractivity contribution >= 4 is 28.9 Å². The zero-order chi connectivity index (χ0) is 21.1. The molecule has 0 saturated carbocycles. The Morgan fingerprint density at radius 2 is 1.96 bits per heavy atom. The first-order valence-electron chi connectivity index (χ1n) is 7.64. The second-order valence-corrected chi connectivity index (χ2v) is 6.34. The minimum Gasteiger partial charge on any atom is -0.490 e. The molecule has 0 spiro atoms. The van der Waals surface area contributed by atoms with Gasteiger partial charge >= 0.3 is 6.18 Å². The van der Waals surface area contributed by atoms with Crippen molar-refractivity contribution < 1.29 is 32.2 Å². The molecule has 2 N–H and O–H groups in total. The summed E-state index contributed by atoms with van der Waals surface area (Å²) in [6.07, 6.45) is -4.79. The summed E-state index contributed by atoms with van der Waals surface area (Å²) < 4.78 is 57.5. The molecule has 1 amide bonds. The first-order chi connectivity index (χ1) is 12.9. The summed E-state index contributed by atoms with van der Waals surface area (Å²) in [4.78, 5) is 15.0. The molecule has 2 rings (SSSR count). The van der Waals surface area contributed by atoms with Gasteiger partial charge in [0, 0.05) is 11.8 Å². The zero-order valence-electron chi connectivity index (χ0n) is 14.3. The number of carbonyl (C=O) groups excluding carboxylic acids is 1. The molecule has 0 fully saturated rings. The second kappa shape index (κ2) is 8.04. The van der Waals surface area contributed by atoms with Crippen LogP contribution in [0, 0.1) is 12.4 Å². The van der Waals surface area contributed by atoms with Crippen LogP contribution >= 0.6 is 11.6 Å². The van der Waals surface area contributed by atoms with Crippen LogP contribution in [0.4, 0.5) is 28.9 Å². The van der Waals surface area contributed by atoms with Crippen LogP contribution in [0.15, 0.2) is 36.4 Å². The fourth-order valence-corrected chi connectivity index (χ4v) is 2.18. The number of nitrogens with one attached hydrogen (secondary N) is 1. The van der Waals surface area contributed by atoms with E-state index in [0.29, 0.717) is 6.07 Å². The number of hydrogen-bond acceptors (Lipinski definition) is 3. The first-order valence-corrected chi connectivity index (χ1v) is 8.02. The number of nitrogens with zero attached hydrogens (tertiary/aromatic N) is 1. The number of ether oxygens (including phenoxy) is 1. The SMILES string of the molecule is [C-]#[N+]c1ccc(NC(=O)C(C)(O)COc2ccc(Cl)c(F)c2)cc1C(F)(F)F. The Morgan fingerprint density at radius 3 is 2.54 bits per heavy atom. The highest BCUT2D eigenvalue weighted by atomic mass is 35.5. The van der Waals surface area contributed by atoms with Crippen LogP contribution in [0.2, 0.25) is 5.02 Å². The largest absolute Gasteiger partial charge is 0.490 e. The summed E-state index contributed by atoms with van der Waals surface area (Å²) in [5.41, 5.74) is -4.24. The number of halogens is 5. The van der Waals surface area contributed by atoms with Gasteiger partial charge in [-0.05, 0) is 31.2 Å². The van der Waals surface area contributed by atoms with E-state index in [0.717, 1.165) is 25.1 Å². The normalized spacial score (nSPS) is 13.4. The van der Waals surface area contributed by atoms with E-state index in [9.17, 15) is 27.5 Å². The molecular weight excluding hydrogens is 404 g/mol. The lowest BCUT2D eigenvalue weighted by Crippen LogP contribution is -2.45. The number of carbonyl (C=O) groups is 1. The average molecular weight is 417 g/mol. The number of anilines is 1. The van der Waals surface area contributed by atoms with Gasteiger partial charge in [0.1, 0.15) is 18.2 Å². The fraction of sp³-hybridized carbons (Fsp3) is 0.222. The molecule has 0 heterocycles. The van der Waals surface area contributed by atoms with E-state index in [2.05, 4.69) is 10.2 Å². The third kappa shape index (κ3) is 5.12. The standard InChI is InChI=1S/C18H13ClF4N2O3/c1-17(27,9-28-11-4-5-13(19)14(20)8-11)16(26)25-10-3-6-15(24-2)12(7-10)18(21,22)23/h3-8,27H,9H2,1H3,(H,25,26). The van der Waals surface area contributed by atoms with E-state index in [1.54, 1.807) is 0 Å². The molecule has 0 radical (unpaired) electrons.